The summed E-state index contributed by atoms with van der Waals surface area (Å²) in [7, 11) is 0. The first-order valence-corrected chi connectivity index (χ1v) is 7.23. The van der Waals surface area contributed by atoms with Crippen molar-refractivity contribution in [1.82, 2.24) is 5.32 Å². The van der Waals surface area contributed by atoms with E-state index in [1.54, 1.807) is 0 Å². The van der Waals surface area contributed by atoms with E-state index in [1.165, 1.54) is 50.9 Å². The van der Waals surface area contributed by atoms with E-state index < -0.39 is 5.97 Å². The topological polar surface area (TPSA) is 62.5 Å². The average molecular weight is 265 g/mol. The minimum Gasteiger partial charge on any atom is -0.478 e. The molecule has 2 N–H and O–H groups in total. The number of carboxylic acids is 1. The molecular weight excluding hydrogens is 242 g/mol. The van der Waals surface area contributed by atoms with Crippen molar-refractivity contribution in [3.63, 3.8) is 0 Å². The van der Waals surface area contributed by atoms with Gasteiger partial charge in [0.1, 0.15) is 11.3 Å². The van der Waals surface area contributed by atoms with Crippen LogP contribution in [0.25, 0.3) is 0 Å². The summed E-state index contributed by atoms with van der Waals surface area (Å²) in [5.74, 6) is 0.502. The second-order valence-electron chi connectivity index (χ2n) is 5.45. The van der Waals surface area contributed by atoms with E-state index in [0.717, 1.165) is 5.92 Å². The molecule has 0 aromatic carbocycles. The van der Waals surface area contributed by atoms with Gasteiger partial charge in [-0.2, -0.15) is 0 Å². The molecule has 0 radical (unpaired) electrons. The van der Waals surface area contributed by atoms with Crippen LogP contribution in [-0.2, 0) is 6.54 Å². The summed E-state index contributed by atoms with van der Waals surface area (Å²) < 4.78 is 5.23. The summed E-state index contributed by atoms with van der Waals surface area (Å²) in [5.41, 5.74) is 0.271. The van der Waals surface area contributed by atoms with Crippen LogP contribution in [0.1, 0.15) is 61.6 Å². The van der Waals surface area contributed by atoms with Crippen molar-refractivity contribution in [3.8, 4) is 0 Å². The molecule has 0 unspecified atom stereocenters. The fraction of sp³-hybridized carbons (Fsp3) is 0.667. The summed E-state index contributed by atoms with van der Waals surface area (Å²) in [4.78, 5) is 11.0. The Morgan fingerprint density at radius 2 is 2.16 bits per heavy atom. The fourth-order valence-corrected chi connectivity index (χ4v) is 2.97. The van der Waals surface area contributed by atoms with Crippen LogP contribution in [0, 0.1) is 5.92 Å². The minimum atomic E-state index is -0.919. The van der Waals surface area contributed by atoms with Gasteiger partial charge in [-0.1, -0.05) is 19.8 Å². The van der Waals surface area contributed by atoms with Gasteiger partial charge in [-0.15, -0.1) is 0 Å². The quantitative estimate of drug-likeness (QED) is 0.827. The first-order valence-electron chi connectivity index (χ1n) is 7.23. The molecule has 1 saturated carbocycles. The van der Waals surface area contributed by atoms with Gasteiger partial charge in [-0.25, -0.2) is 4.79 Å². The van der Waals surface area contributed by atoms with Gasteiger partial charge < -0.3 is 14.8 Å². The molecule has 4 heteroatoms. The molecule has 0 atom stereocenters. The van der Waals surface area contributed by atoms with Gasteiger partial charge in [-0.05, 0) is 37.7 Å². The summed E-state index contributed by atoms with van der Waals surface area (Å²) in [6, 6.07) is 2.01. The lowest BCUT2D eigenvalue weighted by atomic mass is 9.83. The van der Waals surface area contributed by atoms with Crippen LogP contribution in [0.5, 0.6) is 0 Å². The zero-order valence-corrected chi connectivity index (χ0v) is 11.5. The zero-order valence-electron chi connectivity index (χ0n) is 11.5. The third-order valence-electron chi connectivity index (χ3n) is 4.07. The highest BCUT2D eigenvalue weighted by Gasteiger charge is 2.21. The maximum atomic E-state index is 11.0. The molecule has 19 heavy (non-hydrogen) atoms. The van der Waals surface area contributed by atoms with Gasteiger partial charge in [-0.3, -0.25) is 0 Å². The van der Waals surface area contributed by atoms with E-state index >= 15 is 0 Å². The lowest BCUT2D eigenvalue weighted by Crippen LogP contribution is -2.33. The zero-order chi connectivity index (χ0) is 13.7. The van der Waals surface area contributed by atoms with E-state index in [0.29, 0.717) is 18.3 Å². The van der Waals surface area contributed by atoms with Crippen LogP contribution in [0.4, 0.5) is 0 Å². The van der Waals surface area contributed by atoms with Crippen molar-refractivity contribution in [3.05, 3.63) is 23.7 Å². The van der Waals surface area contributed by atoms with Crippen LogP contribution in [0.15, 0.2) is 16.7 Å². The molecule has 2 rings (SSSR count). The van der Waals surface area contributed by atoms with E-state index in [2.05, 4.69) is 12.2 Å². The number of hydrogen-bond donors (Lipinski definition) is 2. The molecule has 0 bridgehead atoms. The highest BCUT2D eigenvalue weighted by atomic mass is 16.4. The Hall–Kier alpha value is -1.29. The van der Waals surface area contributed by atoms with E-state index in [9.17, 15) is 4.79 Å². The van der Waals surface area contributed by atoms with Crippen LogP contribution >= 0.6 is 0 Å². The molecule has 1 aliphatic rings. The second-order valence-corrected chi connectivity index (χ2v) is 5.45. The van der Waals surface area contributed by atoms with Crippen LogP contribution in [0.2, 0.25) is 0 Å². The van der Waals surface area contributed by atoms with Gasteiger partial charge in [0.2, 0.25) is 0 Å². The van der Waals surface area contributed by atoms with Crippen molar-refractivity contribution in [1.29, 1.82) is 0 Å². The third-order valence-corrected chi connectivity index (χ3v) is 4.07. The second kappa shape index (κ2) is 6.75. The average Bonchev–Trinajstić information content (AvgIpc) is 2.87. The highest BCUT2D eigenvalue weighted by molar-refractivity contribution is 5.88. The van der Waals surface area contributed by atoms with E-state index in [-0.39, 0.29) is 5.56 Å². The molecule has 0 amide bonds. The molecule has 1 aromatic heterocycles. The van der Waals surface area contributed by atoms with Gasteiger partial charge in [0.15, 0.2) is 0 Å². The lowest BCUT2D eigenvalue weighted by Gasteiger charge is -2.28. The van der Waals surface area contributed by atoms with Crippen molar-refractivity contribution in [2.75, 3.05) is 0 Å². The Bertz CT molecular complexity index is 405. The number of carbonyl (C=O) groups is 1. The van der Waals surface area contributed by atoms with E-state index in [1.807, 2.05) is 0 Å². The normalized spacial score (nSPS) is 23.4. The molecule has 1 aliphatic carbocycles. The minimum absolute atomic E-state index is 0.271. The number of rotatable bonds is 6. The van der Waals surface area contributed by atoms with Crippen LogP contribution < -0.4 is 5.32 Å². The summed E-state index contributed by atoms with van der Waals surface area (Å²) >= 11 is 0. The number of furan rings is 1. The SMILES string of the molecule is CCCC1CCC(NCc2occc2C(=O)O)CC1. The number of hydrogen-bond acceptors (Lipinski definition) is 3. The Labute approximate surface area is 114 Å². The first-order chi connectivity index (χ1) is 9.20. The summed E-state index contributed by atoms with van der Waals surface area (Å²) in [5, 5.41) is 12.4. The largest absolute Gasteiger partial charge is 0.478 e. The lowest BCUT2D eigenvalue weighted by molar-refractivity contribution is 0.0694. The highest BCUT2D eigenvalue weighted by Crippen LogP contribution is 2.28. The summed E-state index contributed by atoms with van der Waals surface area (Å²) in [6.07, 6.45) is 9.01. The van der Waals surface area contributed by atoms with Gasteiger partial charge in [0.05, 0.1) is 12.8 Å². The van der Waals surface area contributed by atoms with E-state index in [4.69, 9.17) is 9.52 Å². The van der Waals surface area contributed by atoms with Crippen LogP contribution in [0.3, 0.4) is 0 Å². The Balaban J connectivity index is 1.77. The standard InChI is InChI=1S/C15H23NO3/c1-2-3-11-4-6-12(7-5-11)16-10-14-13(15(17)18)8-9-19-14/h8-9,11-12,16H,2-7,10H2,1H3,(H,17,18). The predicted molar refractivity (Wildman–Crippen MR) is 73.2 cm³/mol. The predicted octanol–water partition coefficient (Wildman–Crippen LogP) is 3.43. The third kappa shape index (κ3) is 3.83. The molecule has 0 saturated heterocycles. The Morgan fingerprint density at radius 1 is 1.42 bits per heavy atom. The summed E-state index contributed by atoms with van der Waals surface area (Å²) in [6.45, 7) is 2.76. The van der Waals surface area contributed by atoms with Gasteiger partial charge in [0, 0.05) is 6.04 Å². The molecule has 4 nitrogen and oxygen atoms in total. The Kier molecular flexibility index (Phi) is 5.02. The number of aromatic carboxylic acids is 1. The maximum absolute atomic E-state index is 11.0. The molecule has 106 valence electrons. The van der Waals surface area contributed by atoms with Crippen molar-refractivity contribution >= 4 is 5.97 Å². The van der Waals surface area contributed by atoms with Crippen molar-refractivity contribution in [2.24, 2.45) is 5.92 Å². The molecule has 0 aliphatic heterocycles. The van der Waals surface area contributed by atoms with Gasteiger partial charge >= 0.3 is 5.97 Å². The van der Waals surface area contributed by atoms with Gasteiger partial charge in [0.25, 0.3) is 0 Å². The maximum Gasteiger partial charge on any atom is 0.339 e. The number of nitrogens with one attached hydrogen (secondary N) is 1. The molecule has 1 fully saturated rings. The van der Waals surface area contributed by atoms with Crippen molar-refractivity contribution in [2.45, 2.75) is 58.0 Å². The molecular formula is C15H23NO3. The molecule has 1 heterocycles. The first kappa shape index (κ1) is 14.1. The number of carboxylic acid groups (broad SMARTS) is 1. The molecule has 1 aromatic rings. The van der Waals surface area contributed by atoms with Crippen LogP contribution in [-0.4, -0.2) is 17.1 Å². The molecule has 0 spiro atoms. The monoisotopic (exact) mass is 265 g/mol. The Morgan fingerprint density at radius 3 is 2.79 bits per heavy atom. The van der Waals surface area contributed by atoms with Crippen molar-refractivity contribution < 1.29 is 14.3 Å². The fourth-order valence-electron chi connectivity index (χ4n) is 2.97. The smallest absolute Gasteiger partial charge is 0.339 e.